The third-order valence-corrected chi connectivity index (χ3v) is 4.12. The maximum atomic E-state index is 12.2. The predicted octanol–water partition coefficient (Wildman–Crippen LogP) is 1.47. The van der Waals surface area contributed by atoms with Gasteiger partial charge in [-0.15, -0.1) is 0 Å². The number of piperidine rings is 1. The minimum Gasteiger partial charge on any atom is -0.358 e. The fourth-order valence-electron chi connectivity index (χ4n) is 2.69. The lowest BCUT2D eigenvalue weighted by molar-refractivity contribution is -0.126. The van der Waals surface area contributed by atoms with E-state index in [2.05, 4.69) is 15.5 Å². The fraction of sp³-hybridized carbons (Fsp3) is 0.500. The molecule has 2 rings (SSSR count). The number of amides is 2. The molecule has 1 aromatic carbocycles. The molecule has 1 aliphatic heterocycles. The van der Waals surface area contributed by atoms with Gasteiger partial charge in [0.25, 0.3) is 0 Å². The van der Waals surface area contributed by atoms with Crippen LogP contribution >= 0.6 is 0 Å². The van der Waals surface area contributed by atoms with Gasteiger partial charge in [0.15, 0.2) is 0 Å². The van der Waals surface area contributed by atoms with Crippen LogP contribution in [0.25, 0.3) is 0 Å². The van der Waals surface area contributed by atoms with Crippen LogP contribution in [0.4, 0.5) is 5.69 Å². The Morgan fingerprint density at radius 1 is 1.19 bits per heavy atom. The van der Waals surface area contributed by atoms with Crippen LogP contribution in [0.1, 0.15) is 19.8 Å². The molecule has 1 saturated heterocycles. The van der Waals surface area contributed by atoms with E-state index in [1.165, 1.54) is 0 Å². The summed E-state index contributed by atoms with van der Waals surface area (Å²) in [5.41, 5.74) is 0.837. The Balaban J connectivity index is 1.83. The van der Waals surface area contributed by atoms with Gasteiger partial charge in [0.05, 0.1) is 6.04 Å². The molecule has 0 unspecified atom stereocenters. The maximum Gasteiger partial charge on any atom is 0.236 e. The molecule has 1 aromatic rings. The van der Waals surface area contributed by atoms with E-state index in [1.807, 2.05) is 37.3 Å². The fourth-order valence-corrected chi connectivity index (χ4v) is 2.69. The van der Waals surface area contributed by atoms with Gasteiger partial charge in [-0.2, -0.15) is 0 Å². The summed E-state index contributed by atoms with van der Waals surface area (Å²) >= 11 is 0. The molecular weight excluding hydrogens is 266 g/mol. The van der Waals surface area contributed by atoms with Gasteiger partial charge in [-0.3, -0.25) is 14.5 Å². The number of nitrogens with one attached hydrogen (secondary N) is 2. The zero-order chi connectivity index (χ0) is 15.2. The molecule has 0 saturated carbocycles. The number of rotatable bonds is 4. The number of likely N-dealkylation sites (tertiary alicyclic amines) is 1. The summed E-state index contributed by atoms with van der Waals surface area (Å²) in [6, 6.07) is 9.38. The number of carbonyl (C=O) groups is 2. The van der Waals surface area contributed by atoms with Crippen LogP contribution in [-0.4, -0.2) is 42.9 Å². The van der Waals surface area contributed by atoms with E-state index >= 15 is 0 Å². The second-order valence-corrected chi connectivity index (χ2v) is 5.46. The normalized spacial score (nSPS) is 18.0. The Morgan fingerprint density at radius 2 is 1.81 bits per heavy atom. The third-order valence-electron chi connectivity index (χ3n) is 4.12. The number of nitrogens with zero attached hydrogens (tertiary/aromatic N) is 1. The Hall–Kier alpha value is -1.88. The zero-order valence-corrected chi connectivity index (χ0v) is 12.6. The minimum absolute atomic E-state index is 0.0262. The van der Waals surface area contributed by atoms with Crippen LogP contribution in [-0.2, 0) is 9.59 Å². The third kappa shape index (κ3) is 4.04. The molecule has 21 heavy (non-hydrogen) atoms. The quantitative estimate of drug-likeness (QED) is 0.882. The highest BCUT2D eigenvalue weighted by molar-refractivity contribution is 5.92. The summed E-state index contributed by atoms with van der Waals surface area (Å²) in [4.78, 5) is 26.0. The van der Waals surface area contributed by atoms with Gasteiger partial charge in [-0.1, -0.05) is 18.2 Å². The first kappa shape index (κ1) is 15.5. The van der Waals surface area contributed by atoms with Crippen molar-refractivity contribution in [3.8, 4) is 0 Å². The highest BCUT2D eigenvalue weighted by atomic mass is 16.2. The van der Waals surface area contributed by atoms with Gasteiger partial charge in [-0.25, -0.2) is 0 Å². The molecule has 0 aliphatic carbocycles. The van der Waals surface area contributed by atoms with Crippen molar-refractivity contribution in [2.24, 2.45) is 5.92 Å². The molecule has 1 heterocycles. The Labute approximate surface area is 125 Å². The molecule has 5 nitrogen and oxygen atoms in total. The SMILES string of the molecule is CNC(=O)[C@@H](C)N1CCC(C(=O)Nc2ccccc2)CC1. The molecule has 0 aromatic heterocycles. The van der Waals surface area contributed by atoms with Crippen molar-refractivity contribution in [3.05, 3.63) is 30.3 Å². The summed E-state index contributed by atoms with van der Waals surface area (Å²) in [6.07, 6.45) is 1.58. The van der Waals surface area contributed by atoms with Crippen molar-refractivity contribution in [2.75, 3.05) is 25.5 Å². The number of hydrogen-bond donors (Lipinski definition) is 2. The van der Waals surface area contributed by atoms with Crippen LogP contribution in [0.15, 0.2) is 30.3 Å². The van der Waals surface area contributed by atoms with Crippen LogP contribution in [0.3, 0.4) is 0 Å². The Bertz CT molecular complexity index is 482. The first-order valence-corrected chi connectivity index (χ1v) is 7.43. The van der Waals surface area contributed by atoms with Crippen LogP contribution in [0.5, 0.6) is 0 Å². The van der Waals surface area contributed by atoms with Crippen LogP contribution in [0, 0.1) is 5.92 Å². The van der Waals surface area contributed by atoms with Crippen LogP contribution < -0.4 is 10.6 Å². The topological polar surface area (TPSA) is 61.4 Å². The number of hydrogen-bond acceptors (Lipinski definition) is 3. The van der Waals surface area contributed by atoms with Gasteiger partial charge in [0.2, 0.25) is 11.8 Å². The molecule has 0 bridgehead atoms. The van der Waals surface area contributed by atoms with Crippen molar-refractivity contribution in [1.29, 1.82) is 0 Å². The van der Waals surface area contributed by atoms with E-state index in [0.29, 0.717) is 0 Å². The largest absolute Gasteiger partial charge is 0.358 e. The van der Waals surface area contributed by atoms with Crippen LogP contribution in [0.2, 0.25) is 0 Å². The summed E-state index contributed by atoms with van der Waals surface area (Å²) in [5.74, 6) is 0.133. The van der Waals surface area contributed by atoms with E-state index in [-0.39, 0.29) is 23.8 Å². The first-order valence-electron chi connectivity index (χ1n) is 7.43. The molecule has 1 aliphatic rings. The first-order chi connectivity index (χ1) is 10.1. The van der Waals surface area contributed by atoms with Crippen molar-refractivity contribution < 1.29 is 9.59 Å². The lowest BCUT2D eigenvalue weighted by atomic mass is 9.95. The number of para-hydroxylation sites is 1. The van der Waals surface area contributed by atoms with E-state index in [0.717, 1.165) is 31.6 Å². The van der Waals surface area contributed by atoms with Gasteiger partial charge in [0, 0.05) is 18.7 Å². The van der Waals surface area contributed by atoms with Crippen molar-refractivity contribution >= 4 is 17.5 Å². The summed E-state index contributed by atoms with van der Waals surface area (Å²) in [6.45, 7) is 3.46. The van der Waals surface area contributed by atoms with Crippen molar-refractivity contribution in [3.63, 3.8) is 0 Å². The maximum absolute atomic E-state index is 12.2. The lowest BCUT2D eigenvalue weighted by Gasteiger charge is -2.34. The van der Waals surface area contributed by atoms with Gasteiger partial charge in [-0.05, 0) is 45.0 Å². The Kier molecular flexibility index (Phi) is 5.33. The smallest absolute Gasteiger partial charge is 0.236 e. The summed E-state index contributed by atoms with van der Waals surface area (Å²) in [7, 11) is 1.65. The molecule has 1 fully saturated rings. The summed E-state index contributed by atoms with van der Waals surface area (Å²) < 4.78 is 0. The molecule has 1 atom stereocenters. The molecule has 0 spiro atoms. The zero-order valence-electron chi connectivity index (χ0n) is 12.6. The van der Waals surface area contributed by atoms with Gasteiger partial charge in [0.1, 0.15) is 0 Å². The number of benzene rings is 1. The van der Waals surface area contributed by atoms with E-state index in [1.54, 1.807) is 7.05 Å². The number of anilines is 1. The highest BCUT2D eigenvalue weighted by Crippen LogP contribution is 2.21. The molecule has 2 N–H and O–H groups in total. The second-order valence-electron chi connectivity index (χ2n) is 5.46. The Morgan fingerprint density at radius 3 is 2.38 bits per heavy atom. The summed E-state index contributed by atoms with van der Waals surface area (Å²) in [5, 5.41) is 5.62. The van der Waals surface area contributed by atoms with E-state index < -0.39 is 0 Å². The minimum atomic E-state index is -0.131. The monoisotopic (exact) mass is 289 g/mol. The van der Waals surface area contributed by atoms with Crippen molar-refractivity contribution in [1.82, 2.24) is 10.2 Å². The predicted molar refractivity (Wildman–Crippen MR) is 82.9 cm³/mol. The molecule has 114 valence electrons. The molecule has 0 radical (unpaired) electrons. The number of likely N-dealkylation sites (N-methyl/N-ethyl adjacent to an activating group) is 1. The molecule has 2 amide bonds. The van der Waals surface area contributed by atoms with Crippen molar-refractivity contribution in [2.45, 2.75) is 25.8 Å². The van der Waals surface area contributed by atoms with Gasteiger partial charge < -0.3 is 10.6 Å². The van der Waals surface area contributed by atoms with E-state index in [4.69, 9.17) is 0 Å². The average Bonchev–Trinajstić information content (AvgIpc) is 2.54. The molecular formula is C16H23N3O2. The second kappa shape index (κ2) is 7.22. The standard InChI is InChI=1S/C16H23N3O2/c1-12(15(20)17-2)19-10-8-13(9-11-19)16(21)18-14-6-4-3-5-7-14/h3-7,12-13H,8-11H2,1-2H3,(H,17,20)(H,18,21)/t12-/m1/s1. The van der Waals surface area contributed by atoms with E-state index in [9.17, 15) is 9.59 Å². The lowest BCUT2D eigenvalue weighted by Crippen LogP contribution is -2.48. The number of carbonyl (C=O) groups excluding carboxylic acids is 2. The molecule has 5 heteroatoms. The van der Waals surface area contributed by atoms with Gasteiger partial charge >= 0.3 is 0 Å². The average molecular weight is 289 g/mol. The highest BCUT2D eigenvalue weighted by Gasteiger charge is 2.29.